The Morgan fingerprint density at radius 1 is 1.22 bits per heavy atom. The topological polar surface area (TPSA) is 57.2 Å². The second-order valence-electron chi connectivity index (χ2n) is 5.12. The van der Waals surface area contributed by atoms with Gasteiger partial charge in [-0.05, 0) is 31.4 Å². The lowest BCUT2D eigenvalue weighted by atomic mass is 10.0. The Kier molecular flexibility index (Phi) is 4.42. The van der Waals surface area contributed by atoms with E-state index in [2.05, 4.69) is 22.5 Å². The van der Waals surface area contributed by atoms with Crippen LogP contribution in [0.4, 0.5) is 11.6 Å². The predicted octanol–water partition coefficient (Wildman–Crippen LogP) is 2.62. The first-order chi connectivity index (χ1) is 8.72. The summed E-state index contributed by atoms with van der Waals surface area (Å²) < 4.78 is 0. The number of hydrogen-bond donors (Lipinski definition) is 3. The van der Waals surface area contributed by atoms with E-state index in [0.29, 0.717) is 6.54 Å². The molecule has 1 saturated carbocycles. The molecule has 1 aliphatic carbocycles. The molecule has 0 atom stereocenters. The zero-order valence-electron chi connectivity index (χ0n) is 11.1. The molecule has 0 spiro atoms. The molecule has 1 heterocycles. The summed E-state index contributed by atoms with van der Waals surface area (Å²) in [7, 11) is 0. The van der Waals surface area contributed by atoms with Crippen LogP contribution in [-0.4, -0.2) is 28.8 Å². The molecule has 4 heteroatoms. The fourth-order valence-electron chi connectivity index (χ4n) is 2.35. The van der Waals surface area contributed by atoms with E-state index in [4.69, 9.17) is 0 Å². The molecule has 1 aromatic heterocycles. The molecule has 0 aliphatic heterocycles. The van der Waals surface area contributed by atoms with Gasteiger partial charge in [0, 0.05) is 13.1 Å². The maximum atomic E-state index is 10.3. The van der Waals surface area contributed by atoms with Crippen molar-refractivity contribution in [3.63, 3.8) is 0 Å². The highest BCUT2D eigenvalue weighted by atomic mass is 16.3. The monoisotopic (exact) mass is 249 g/mol. The number of pyridine rings is 1. The SMILES string of the molecule is CCCNc1cccc(NCC2(O)CCCC2)n1. The van der Waals surface area contributed by atoms with Gasteiger partial charge in [-0.2, -0.15) is 0 Å². The minimum Gasteiger partial charge on any atom is -0.388 e. The maximum Gasteiger partial charge on any atom is 0.128 e. The van der Waals surface area contributed by atoms with Gasteiger partial charge in [0.1, 0.15) is 11.6 Å². The molecule has 0 radical (unpaired) electrons. The molecule has 0 aromatic carbocycles. The molecule has 1 fully saturated rings. The molecule has 0 unspecified atom stereocenters. The Morgan fingerprint density at radius 3 is 2.56 bits per heavy atom. The van der Waals surface area contributed by atoms with Gasteiger partial charge in [0.2, 0.25) is 0 Å². The average molecular weight is 249 g/mol. The molecule has 0 bridgehead atoms. The van der Waals surface area contributed by atoms with Crippen LogP contribution in [0.2, 0.25) is 0 Å². The zero-order valence-corrected chi connectivity index (χ0v) is 11.1. The third kappa shape index (κ3) is 3.60. The number of hydrogen-bond acceptors (Lipinski definition) is 4. The quantitative estimate of drug-likeness (QED) is 0.725. The largest absolute Gasteiger partial charge is 0.388 e. The molecule has 1 aliphatic rings. The molecular formula is C14H23N3O. The second-order valence-corrected chi connectivity index (χ2v) is 5.12. The third-order valence-corrected chi connectivity index (χ3v) is 3.44. The number of aliphatic hydroxyl groups is 1. The number of nitrogens with one attached hydrogen (secondary N) is 2. The molecular weight excluding hydrogens is 226 g/mol. The lowest BCUT2D eigenvalue weighted by Crippen LogP contribution is -2.33. The first kappa shape index (κ1) is 13.1. The van der Waals surface area contributed by atoms with Crippen LogP contribution >= 0.6 is 0 Å². The van der Waals surface area contributed by atoms with Crippen LogP contribution < -0.4 is 10.6 Å². The zero-order chi connectivity index (χ0) is 12.8. The van der Waals surface area contributed by atoms with Crippen LogP contribution in [0.1, 0.15) is 39.0 Å². The van der Waals surface area contributed by atoms with E-state index in [1.165, 1.54) is 0 Å². The number of nitrogens with zero attached hydrogens (tertiary/aromatic N) is 1. The highest BCUT2D eigenvalue weighted by Gasteiger charge is 2.30. The van der Waals surface area contributed by atoms with Gasteiger partial charge in [0.15, 0.2) is 0 Å². The molecule has 100 valence electrons. The van der Waals surface area contributed by atoms with E-state index < -0.39 is 5.60 Å². The minimum absolute atomic E-state index is 0.533. The lowest BCUT2D eigenvalue weighted by Gasteiger charge is -2.22. The summed E-state index contributed by atoms with van der Waals surface area (Å²) in [6.45, 7) is 3.66. The average Bonchev–Trinajstić information content (AvgIpc) is 2.82. The summed E-state index contributed by atoms with van der Waals surface area (Å²) in [6.07, 6.45) is 5.13. The van der Waals surface area contributed by atoms with Gasteiger partial charge < -0.3 is 15.7 Å². The molecule has 1 aromatic rings. The fraction of sp³-hybridized carbons (Fsp3) is 0.643. The van der Waals surface area contributed by atoms with E-state index in [1.54, 1.807) is 0 Å². The maximum absolute atomic E-state index is 10.3. The predicted molar refractivity (Wildman–Crippen MR) is 74.9 cm³/mol. The van der Waals surface area contributed by atoms with E-state index in [0.717, 1.165) is 50.3 Å². The standard InChI is InChI=1S/C14H23N3O/c1-2-10-15-12-6-5-7-13(17-12)16-11-14(18)8-3-4-9-14/h5-7,18H,2-4,8-11H2,1H3,(H2,15,16,17). The fourth-order valence-corrected chi connectivity index (χ4v) is 2.35. The lowest BCUT2D eigenvalue weighted by molar-refractivity contribution is 0.0614. The van der Waals surface area contributed by atoms with Crippen LogP contribution in [-0.2, 0) is 0 Å². The Hall–Kier alpha value is -1.29. The Balaban J connectivity index is 1.88. The second kappa shape index (κ2) is 6.05. The van der Waals surface area contributed by atoms with E-state index in [-0.39, 0.29) is 0 Å². The first-order valence-electron chi connectivity index (χ1n) is 6.89. The van der Waals surface area contributed by atoms with Crippen LogP contribution in [0.5, 0.6) is 0 Å². The van der Waals surface area contributed by atoms with E-state index in [9.17, 15) is 5.11 Å². The molecule has 3 N–H and O–H groups in total. The molecule has 18 heavy (non-hydrogen) atoms. The minimum atomic E-state index is -0.533. The number of rotatable bonds is 6. The number of aromatic nitrogens is 1. The van der Waals surface area contributed by atoms with Crippen LogP contribution in [0, 0.1) is 0 Å². The van der Waals surface area contributed by atoms with Crippen molar-refractivity contribution in [2.45, 2.75) is 44.6 Å². The normalized spacial score (nSPS) is 17.7. The Bertz CT molecular complexity index is 375. The van der Waals surface area contributed by atoms with E-state index >= 15 is 0 Å². The van der Waals surface area contributed by atoms with Crippen LogP contribution in [0.25, 0.3) is 0 Å². The summed E-state index contributed by atoms with van der Waals surface area (Å²) >= 11 is 0. The molecule has 4 nitrogen and oxygen atoms in total. The highest BCUT2D eigenvalue weighted by Crippen LogP contribution is 2.29. The first-order valence-corrected chi connectivity index (χ1v) is 6.89. The molecule has 2 rings (SSSR count). The number of anilines is 2. The third-order valence-electron chi connectivity index (χ3n) is 3.44. The Labute approximate surface area is 109 Å². The van der Waals surface area contributed by atoms with Gasteiger partial charge in [-0.15, -0.1) is 0 Å². The van der Waals surface area contributed by atoms with Gasteiger partial charge in [-0.25, -0.2) is 4.98 Å². The van der Waals surface area contributed by atoms with Crippen molar-refractivity contribution in [1.82, 2.24) is 4.98 Å². The van der Waals surface area contributed by atoms with Gasteiger partial charge >= 0.3 is 0 Å². The smallest absolute Gasteiger partial charge is 0.128 e. The molecule has 0 amide bonds. The van der Waals surface area contributed by atoms with Crippen molar-refractivity contribution in [1.29, 1.82) is 0 Å². The summed E-state index contributed by atoms with van der Waals surface area (Å²) in [5, 5.41) is 16.8. The van der Waals surface area contributed by atoms with Crippen LogP contribution in [0.15, 0.2) is 18.2 Å². The van der Waals surface area contributed by atoms with Crippen molar-refractivity contribution in [2.75, 3.05) is 23.7 Å². The van der Waals surface area contributed by atoms with Crippen molar-refractivity contribution in [3.05, 3.63) is 18.2 Å². The molecule has 0 saturated heterocycles. The summed E-state index contributed by atoms with van der Waals surface area (Å²) in [5.41, 5.74) is -0.533. The highest BCUT2D eigenvalue weighted by molar-refractivity contribution is 5.45. The van der Waals surface area contributed by atoms with Crippen molar-refractivity contribution < 1.29 is 5.11 Å². The van der Waals surface area contributed by atoms with Crippen molar-refractivity contribution in [3.8, 4) is 0 Å². The van der Waals surface area contributed by atoms with Crippen molar-refractivity contribution >= 4 is 11.6 Å². The Morgan fingerprint density at radius 2 is 1.89 bits per heavy atom. The van der Waals surface area contributed by atoms with E-state index in [1.807, 2.05) is 18.2 Å². The van der Waals surface area contributed by atoms with Gasteiger partial charge in [-0.3, -0.25) is 0 Å². The van der Waals surface area contributed by atoms with Gasteiger partial charge in [0.25, 0.3) is 0 Å². The summed E-state index contributed by atoms with van der Waals surface area (Å²) in [5.74, 6) is 1.72. The van der Waals surface area contributed by atoms with Gasteiger partial charge in [-0.1, -0.05) is 25.8 Å². The van der Waals surface area contributed by atoms with Gasteiger partial charge in [0.05, 0.1) is 5.60 Å². The van der Waals surface area contributed by atoms with Crippen molar-refractivity contribution in [2.24, 2.45) is 0 Å². The van der Waals surface area contributed by atoms with Crippen LogP contribution in [0.3, 0.4) is 0 Å². The summed E-state index contributed by atoms with van der Waals surface area (Å²) in [6, 6.07) is 5.88. The summed E-state index contributed by atoms with van der Waals surface area (Å²) in [4.78, 5) is 4.47.